The Balaban J connectivity index is 2.26. The number of imidazole rings is 1. The second-order valence-corrected chi connectivity index (χ2v) is 6.24. The van der Waals surface area contributed by atoms with Crippen LogP contribution in [0.3, 0.4) is 0 Å². The molecule has 0 amide bonds. The molecule has 2 aromatic heterocycles. The summed E-state index contributed by atoms with van der Waals surface area (Å²) in [5.41, 5.74) is 2.22. The number of halogens is 2. The van der Waals surface area contributed by atoms with Crippen LogP contribution in [0.1, 0.15) is 10.6 Å². The van der Waals surface area contributed by atoms with E-state index in [1.807, 2.05) is 23.6 Å². The Labute approximate surface area is 124 Å². The van der Waals surface area contributed by atoms with Gasteiger partial charge in [0.2, 0.25) is 0 Å². The van der Waals surface area contributed by atoms with Crippen molar-refractivity contribution < 1.29 is 5.11 Å². The largest absolute Gasteiger partial charge is 0.390 e. The Kier molecular flexibility index (Phi) is 3.27. The number of fused-ring (bicyclic) bond motifs is 1. The molecule has 1 N–H and O–H groups in total. The van der Waals surface area contributed by atoms with Gasteiger partial charge >= 0.3 is 0 Å². The molecule has 0 aliphatic rings. The fourth-order valence-electron chi connectivity index (χ4n) is 2.05. The van der Waals surface area contributed by atoms with Crippen LogP contribution >= 0.6 is 34.5 Å². The van der Waals surface area contributed by atoms with Gasteiger partial charge < -0.3 is 5.11 Å². The van der Waals surface area contributed by atoms with Crippen molar-refractivity contribution in [3.8, 4) is 11.3 Å². The third-order valence-corrected chi connectivity index (χ3v) is 4.32. The summed E-state index contributed by atoms with van der Waals surface area (Å²) >= 11 is 13.7. The molecule has 0 unspecified atom stereocenters. The lowest BCUT2D eigenvalue weighted by molar-refractivity contribution is 0.276. The van der Waals surface area contributed by atoms with E-state index in [2.05, 4.69) is 4.98 Å². The quantitative estimate of drug-likeness (QED) is 0.771. The highest BCUT2D eigenvalue weighted by atomic mass is 35.5. The van der Waals surface area contributed by atoms with E-state index in [-0.39, 0.29) is 6.61 Å². The molecule has 3 aromatic rings. The summed E-state index contributed by atoms with van der Waals surface area (Å²) in [5, 5.41) is 10.7. The highest BCUT2D eigenvalue weighted by Gasteiger charge is 2.17. The van der Waals surface area contributed by atoms with Crippen molar-refractivity contribution in [3.05, 3.63) is 45.0 Å². The average Bonchev–Trinajstić information content (AvgIpc) is 2.84. The van der Waals surface area contributed by atoms with Crippen LogP contribution < -0.4 is 0 Å². The molecule has 0 bridgehead atoms. The maximum Gasteiger partial charge on any atom is 0.194 e. The molecule has 0 spiro atoms. The van der Waals surface area contributed by atoms with Crippen molar-refractivity contribution in [2.45, 2.75) is 13.5 Å². The van der Waals surface area contributed by atoms with Crippen molar-refractivity contribution >= 4 is 39.5 Å². The molecule has 0 aliphatic heterocycles. The molecule has 98 valence electrons. The van der Waals surface area contributed by atoms with E-state index in [0.717, 1.165) is 21.1 Å². The lowest BCUT2D eigenvalue weighted by Gasteiger charge is -2.04. The van der Waals surface area contributed by atoms with Crippen molar-refractivity contribution in [2.75, 3.05) is 0 Å². The maximum atomic E-state index is 9.60. The number of aliphatic hydroxyl groups excluding tert-OH is 1. The SMILES string of the molecule is Cc1cn2c(CO)c(-c3ccc(Cl)cc3Cl)nc2s1. The Hall–Kier alpha value is -1.07. The number of thiazole rings is 1. The summed E-state index contributed by atoms with van der Waals surface area (Å²) in [4.78, 5) is 6.55. The fraction of sp³-hybridized carbons (Fsp3) is 0.154. The van der Waals surface area contributed by atoms with Crippen LogP contribution in [0.15, 0.2) is 24.4 Å². The zero-order valence-electron chi connectivity index (χ0n) is 10.0. The van der Waals surface area contributed by atoms with Gasteiger partial charge in [0.15, 0.2) is 4.96 Å². The van der Waals surface area contributed by atoms with Crippen molar-refractivity contribution in [1.82, 2.24) is 9.38 Å². The molecule has 19 heavy (non-hydrogen) atoms. The van der Waals surface area contributed by atoms with Gasteiger partial charge in [-0.15, -0.1) is 11.3 Å². The summed E-state index contributed by atoms with van der Waals surface area (Å²) in [6, 6.07) is 5.27. The van der Waals surface area contributed by atoms with Gasteiger partial charge in [-0.1, -0.05) is 23.2 Å². The van der Waals surface area contributed by atoms with Gasteiger partial charge in [-0.3, -0.25) is 4.40 Å². The Morgan fingerprint density at radius 1 is 1.37 bits per heavy atom. The molecule has 6 heteroatoms. The molecule has 2 heterocycles. The third-order valence-electron chi connectivity index (χ3n) is 2.88. The maximum absolute atomic E-state index is 9.60. The minimum absolute atomic E-state index is 0.0916. The third kappa shape index (κ3) is 2.15. The molecule has 3 nitrogen and oxygen atoms in total. The number of aromatic nitrogens is 2. The summed E-state index contributed by atoms with van der Waals surface area (Å²) in [6.45, 7) is 1.92. The van der Waals surface area contributed by atoms with Gasteiger partial charge in [0.05, 0.1) is 23.0 Å². The van der Waals surface area contributed by atoms with Crippen LogP contribution in [0.4, 0.5) is 0 Å². The summed E-state index contributed by atoms with van der Waals surface area (Å²) < 4.78 is 1.90. The van der Waals surface area contributed by atoms with E-state index in [9.17, 15) is 5.11 Å². The highest BCUT2D eigenvalue weighted by Crippen LogP contribution is 2.34. The first kappa shape index (κ1) is 12.9. The van der Waals surface area contributed by atoms with Gasteiger partial charge in [-0.2, -0.15) is 0 Å². The molecular formula is C13H10Cl2N2OS. The van der Waals surface area contributed by atoms with E-state index in [1.165, 1.54) is 0 Å². The normalized spacial score (nSPS) is 11.4. The van der Waals surface area contributed by atoms with Gasteiger partial charge in [-0.05, 0) is 25.1 Å². The minimum Gasteiger partial charge on any atom is -0.390 e. The molecule has 0 aliphatic carbocycles. The van der Waals surface area contributed by atoms with Gasteiger partial charge in [-0.25, -0.2) is 4.98 Å². The molecule has 3 rings (SSSR count). The second kappa shape index (κ2) is 4.80. The number of hydrogen-bond acceptors (Lipinski definition) is 3. The zero-order chi connectivity index (χ0) is 13.6. The van der Waals surface area contributed by atoms with E-state index in [4.69, 9.17) is 23.2 Å². The smallest absolute Gasteiger partial charge is 0.194 e. The number of aliphatic hydroxyl groups is 1. The lowest BCUT2D eigenvalue weighted by Crippen LogP contribution is -1.93. The van der Waals surface area contributed by atoms with E-state index >= 15 is 0 Å². The van der Waals surface area contributed by atoms with Crippen LogP contribution in [-0.4, -0.2) is 14.5 Å². The number of benzene rings is 1. The molecular weight excluding hydrogens is 303 g/mol. The first-order valence-electron chi connectivity index (χ1n) is 5.64. The van der Waals surface area contributed by atoms with Crippen molar-refractivity contribution in [2.24, 2.45) is 0 Å². The van der Waals surface area contributed by atoms with Crippen LogP contribution in [0, 0.1) is 6.92 Å². The Bertz CT molecular complexity index is 763. The zero-order valence-corrected chi connectivity index (χ0v) is 12.4. The van der Waals surface area contributed by atoms with E-state index < -0.39 is 0 Å². The fourth-order valence-corrected chi connectivity index (χ4v) is 3.39. The number of rotatable bonds is 2. The molecule has 0 radical (unpaired) electrons. The van der Waals surface area contributed by atoms with Crippen molar-refractivity contribution in [1.29, 1.82) is 0 Å². The van der Waals surface area contributed by atoms with Gasteiger partial charge in [0, 0.05) is 21.7 Å². The molecule has 1 aromatic carbocycles. The molecule has 0 atom stereocenters. The Morgan fingerprint density at radius 2 is 2.16 bits per heavy atom. The predicted octanol–water partition coefficient (Wildman–Crippen LogP) is 4.17. The molecule has 0 fully saturated rings. The van der Waals surface area contributed by atoms with Crippen LogP contribution in [0.5, 0.6) is 0 Å². The first-order valence-corrected chi connectivity index (χ1v) is 7.21. The standard InChI is InChI=1S/C13H10Cl2N2OS/c1-7-5-17-11(6-18)12(16-13(17)19-7)9-3-2-8(14)4-10(9)15/h2-5,18H,6H2,1H3. The Morgan fingerprint density at radius 3 is 2.84 bits per heavy atom. The average molecular weight is 313 g/mol. The van der Waals surface area contributed by atoms with Crippen LogP contribution in [0.25, 0.3) is 16.2 Å². The number of hydrogen-bond donors (Lipinski definition) is 1. The molecule has 0 saturated carbocycles. The van der Waals surface area contributed by atoms with E-state index in [1.54, 1.807) is 23.5 Å². The van der Waals surface area contributed by atoms with Crippen LogP contribution in [0.2, 0.25) is 10.0 Å². The van der Waals surface area contributed by atoms with Crippen LogP contribution in [-0.2, 0) is 6.61 Å². The minimum atomic E-state index is -0.0916. The monoisotopic (exact) mass is 312 g/mol. The molecule has 0 saturated heterocycles. The predicted molar refractivity (Wildman–Crippen MR) is 79.2 cm³/mol. The van der Waals surface area contributed by atoms with E-state index in [0.29, 0.717) is 15.7 Å². The lowest BCUT2D eigenvalue weighted by atomic mass is 10.1. The van der Waals surface area contributed by atoms with Crippen molar-refractivity contribution in [3.63, 3.8) is 0 Å². The van der Waals surface area contributed by atoms with Gasteiger partial charge in [0.1, 0.15) is 0 Å². The first-order chi connectivity index (χ1) is 9.10. The second-order valence-electron chi connectivity index (χ2n) is 4.18. The number of nitrogens with zero attached hydrogens (tertiary/aromatic N) is 2. The highest BCUT2D eigenvalue weighted by molar-refractivity contribution is 7.17. The summed E-state index contributed by atoms with van der Waals surface area (Å²) in [5.74, 6) is 0. The van der Waals surface area contributed by atoms with Gasteiger partial charge in [0.25, 0.3) is 0 Å². The summed E-state index contributed by atoms with van der Waals surface area (Å²) in [6.07, 6.45) is 1.96. The topological polar surface area (TPSA) is 37.5 Å². The summed E-state index contributed by atoms with van der Waals surface area (Å²) in [7, 11) is 0. The number of aryl methyl sites for hydroxylation is 1.